The molecule has 0 spiro atoms. The Morgan fingerprint density at radius 3 is 2.44 bits per heavy atom. The first kappa shape index (κ1) is 24.0. The molecule has 4 rings (SSSR count). The fourth-order valence-electron chi connectivity index (χ4n) is 4.04. The molecule has 1 aliphatic rings. The molecular weight excluding hydrogens is 441 g/mol. The van der Waals surface area contributed by atoms with Crippen LogP contribution in [0.25, 0.3) is 17.2 Å². The van der Waals surface area contributed by atoms with E-state index in [0.29, 0.717) is 11.7 Å². The molecule has 1 amide bonds. The number of amides is 1. The lowest BCUT2D eigenvalue weighted by atomic mass is 9.99. The van der Waals surface area contributed by atoms with Gasteiger partial charge in [-0.05, 0) is 66.5 Å². The third-order valence-electron chi connectivity index (χ3n) is 6.07. The van der Waals surface area contributed by atoms with Crippen LogP contribution in [-0.4, -0.2) is 18.7 Å². The van der Waals surface area contributed by atoms with Crippen LogP contribution in [0.15, 0.2) is 72.3 Å². The van der Waals surface area contributed by atoms with E-state index in [0.717, 1.165) is 59.1 Å². The van der Waals surface area contributed by atoms with E-state index in [2.05, 4.69) is 49.5 Å². The third kappa shape index (κ3) is 6.27. The van der Waals surface area contributed by atoms with Gasteiger partial charge in [-0.25, -0.2) is 0 Å². The first-order valence-corrected chi connectivity index (χ1v) is 13.8. The topological polar surface area (TPSA) is 55.4 Å². The van der Waals surface area contributed by atoms with Gasteiger partial charge < -0.3 is 14.6 Å². The van der Waals surface area contributed by atoms with E-state index in [4.69, 9.17) is 4.74 Å². The van der Waals surface area contributed by atoms with Crippen LogP contribution in [0.1, 0.15) is 42.9 Å². The molecule has 3 aromatic carbocycles. The summed E-state index contributed by atoms with van der Waals surface area (Å²) in [5, 5.41) is 2.96. The molecule has 34 heavy (non-hydrogen) atoms. The fraction of sp³-hybridized carbons (Fsp3) is 0.276. The van der Waals surface area contributed by atoms with E-state index < -0.39 is 7.80 Å². The molecule has 0 radical (unpaired) electrons. The van der Waals surface area contributed by atoms with Crippen LogP contribution in [0, 0.1) is 6.92 Å². The number of aryl methyl sites for hydroxylation is 1. The minimum absolute atomic E-state index is 0.174. The average molecular weight is 474 g/mol. The maximum atomic E-state index is 12.9. The Morgan fingerprint density at radius 2 is 1.71 bits per heavy atom. The molecule has 4 nitrogen and oxygen atoms in total. The van der Waals surface area contributed by atoms with Crippen molar-refractivity contribution in [1.29, 1.82) is 0 Å². The highest BCUT2D eigenvalue weighted by Gasteiger charge is 2.18. The fourth-order valence-corrected chi connectivity index (χ4v) is 5.55. The molecule has 0 saturated carbocycles. The standard InChI is InChI=1S/C29H32NO3P/c1-3-4-5-16-34(32)20-22-8-13-27(14-9-22)30-29(31)26-18-25-17-24(12-15-28(25)33-19-26)23-10-6-21(2)7-11-23/h6-15,17-18,34H,3-5,16,19-20H2,1-2H3,(H,30,31). The van der Waals surface area contributed by atoms with Gasteiger partial charge in [-0.2, -0.15) is 0 Å². The van der Waals surface area contributed by atoms with Gasteiger partial charge in [-0.3, -0.25) is 4.79 Å². The molecule has 176 valence electrons. The lowest BCUT2D eigenvalue weighted by Gasteiger charge is -2.19. The summed E-state index contributed by atoms with van der Waals surface area (Å²) in [5.41, 5.74) is 6.70. The van der Waals surface area contributed by atoms with E-state index in [1.54, 1.807) is 0 Å². The molecule has 0 fully saturated rings. The minimum Gasteiger partial charge on any atom is -0.488 e. The predicted molar refractivity (Wildman–Crippen MR) is 142 cm³/mol. The second-order valence-corrected chi connectivity index (χ2v) is 10.8. The molecule has 1 unspecified atom stereocenters. The number of carbonyl (C=O) groups is 1. The highest BCUT2D eigenvalue weighted by molar-refractivity contribution is 7.43. The van der Waals surface area contributed by atoms with Crippen molar-refractivity contribution in [3.8, 4) is 16.9 Å². The maximum absolute atomic E-state index is 12.9. The van der Waals surface area contributed by atoms with E-state index in [9.17, 15) is 9.36 Å². The zero-order valence-electron chi connectivity index (χ0n) is 19.9. The van der Waals surface area contributed by atoms with Crippen LogP contribution in [-0.2, 0) is 15.5 Å². The van der Waals surface area contributed by atoms with Gasteiger partial charge in [-0.1, -0.05) is 67.8 Å². The smallest absolute Gasteiger partial charge is 0.255 e. The zero-order valence-corrected chi connectivity index (χ0v) is 20.9. The Balaban J connectivity index is 1.40. The van der Waals surface area contributed by atoms with Crippen molar-refractivity contribution in [1.82, 2.24) is 0 Å². The van der Waals surface area contributed by atoms with Crippen molar-refractivity contribution in [2.24, 2.45) is 0 Å². The molecule has 0 aliphatic carbocycles. The first-order valence-electron chi connectivity index (χ1n) is 12.0. The van der Waals surface area contributed by atoms with Crippen molar-refractivity contribution >= 4 is 25.5 Å². The second kappa shape index (κ2) is 11.4. The number of benzene rings is 3. The van der Waals surface area contributed by atoms with Gasteiger partial charge in [0.25, 0.3) is 5.91 Å². The van der Waals surface area contributed by atoms with Crippen molar-refractivity contribution in [2.45, 2.75) is 39.3 Å². The first-order chi connectivity index (χ1) is 16.5. The van der Waals surface area contributed by atoms with Gasteiger partial charge in [0.2, 0.25) is 0 Å². The lowest BCUT2D eigenvalue weighted by Crippen LogP contribution is -2.21. The molecule has 5 heteroatoms. The van der Waals surface area contributed by atoms with Gasteiger partial charge in [0, 0.05) is 17.4 Å². The third-order valence-corrected chi connectivity index (χ3v) is 7.79. The van der Waals surface area contributed by atoms with E-state index in [1.807, 2.05) is 42.5 Å². The number of fused-ring (bicyclic) bond motifs is 1. The summed E-state index contributed by atoms with van der Waals surface area (Å²) in [4.78, 5) is 12.9. The molecule has 1 N–H and O–H groups in total. The molecule has 0 aromatic heterocycles. The van der Waals surface area contributed by atoms with Crippen LogP contribution in [0.5, 0.6) is 5.75 Å². The Bertz CT molecular complexity index is 1200. The molecule has 0 bridgehead atoms. The number of nitrogens with one attached hydrogen (secondary N) is 1. The number of rotatable bonds is 9. The predicted octanol–water partition coefficient (Wildman–Crippen LogP) is 7.33. The van der Waals surface area contributed by atoms with E-state index >= 15 is 0 Å². The van der Waals surface area contributed by atoms with Crippen LogP contribution >= 0.6 is 7.80 Å². The quantitative estimate of drug-likeness (QED) is 0.262. The molecule has 0 saturated heterocycles. The van der Waals surface area contributed by atoms with Crippen LogP contribution in [0.3, 0.4) is 0 Å². The van der Waals surface area contributed by atoms with Gasteiger partial charge in [-0.15, -0.1) is 0 Å². The molecule has 3 aromatic rings. The van der Waals surface area contributed by atoms with Gasteiger partial charge in [0.05, 0.1) is 13.4 Å². The van der Waals surface area contributed by atoms with Gasteiger partial charge in [0.15, 0.2) is 0 Å². The van der Waals surface area contributed by atoms with Crippen molar-refractivity contribution in [3.05, 3.63) is 89.0 Å². The highest BCUT2D eigenvalue weighted by Crippen LogP contribution is 2.32. The molecule has 1 atom stereocenters. The summed E-state index contributed by atoms with van der Waals surface area (Å²) < 4.78 is 18.1. The lowest BCUT2D eigenvalue weighted by molar-refractivity contribution is -0.113. The summed E-state index contributed by atoms with van der Waals surface area (Å²) in [7, 11) is -1.58. The number of hydrogen-bond acceptors (Lipinski definition) is 3. The molecule has 1 heterocycles. The summed E-state index contributed by atoms with van der Waals surface area (Å²) in [6.45, 7) is 4.46. The van der Waals surface area contributed by atoms with Crippen LogP contribution < -0.4 is 10.1 Å². The molecular formula is C29H32NO3P. The zero-order chi connectivity index (χ0) is 23.9. The number of carbonyl (C=O) groups excluding carboxylic acids is 1. The van der Waals surface area contributed by atoms with E-state index in [1.165, 1.54) is 5.56 Å². The number of ether oxygens (including phenoxy) is 1. The Labute approximate surface area is 202 Å². The minimum atomic E-state index is -1.58. The SMILES string of the molecule is CCCCC[PH](=O)Cc1ccc(NC(=O)C2=Cc3cc(-c4ccc(C)cc4)ccc3OC2)cc1. The van der Waals surface area contributed by atoms with Crippen molar-refractivity contribution < 1.29 is 14.1 Å². The number of unbranched alkanes of at least 4 members (excludes halogenated alkanes) is 2. The summed E-state index contributed by atoms with van der Waals surface area (Å²) in [5.74, 6) is 0.609. The average Bonchev–Trinajstić information content (AvgIpc) is 2.85. The normalized spacial score (nSPS) is 13.4. The van der Waals surface area contributed by atoms with Gasteiger partial charge >= 0.3 is 0 Å². The Kier molecular flexibility index (Phi) is 8.03. The maximum Gasteiger partial charge on any atom is 0.255 e. The highest BCUT2D eigenvalue weighted by atomic mass is 31.1. The van der Waals surface area contributed by atoms with Crippen molar-refractivity contribution in [2.75, 3.05) is 18.1 Å². The summed E-state index contributed by atoms with van der Waals surface area (Å²) in [6, 6.07) is 22.1. The second-order valence-electron chi connectivity index (χ2n) is 8.90. The van der Waals surface area contributed by atoms with E-state index in [-0.39, 0.29) is 12.5 Å². The monoisotopic (exact) mass is 473 g/mol. The number of anilines is 1. The Morgan fingerprint density at radius 1 is 0.971 bits per heavy atom. The summed E-state index contributed by atoms with van der Waals surface area (Å²) >= 11 is 0. The van der Waals surface area contributed by atoms with Crippen LogP contribution in [0.4, 0.5) is 5.69 Å². The largest absolute Gasteiger partial charge is 0.488 e. The van der Waals surface area contributed by atoms with Crippen LogP contribution in [0.2, 0.25) is 0 Å². The summed E-state index contributed by atoms with van der Waals surface area (Å²) in [6.07, 6.45) is 6.67. The number of hydrogen-bond donors (Lipinski definition) is 1. The molecule has 1 aliphatic heterocycles. The van der Waals surface area contributed by atoms with Gasteiger partial charge in [0.1, 0.15) is 12.4 Å². The Hall–Kier alpha value is -3.10. The van der Waals surface area contributed by atoms with Crippen molar-refractivity contribution in [3.63, 3.8) is 0 Å².